The summed E-state index contributed by atoms with van der Waals surface area (Å²) < 4.78 is -1.73. The highest BCUT2D eigenvalue weighted by Gasteiger charge is 2.32. The summed E-state index contributed by atoms with van der Waals surface area (Å²) in [6, 6.07) is 5.87. The van der Waals surface area contributed by atoms with Crippen molar-refractivity contribution in [1.82, 2.24) is 10.6 Å². The lowest BCUT2D eigenvalue weighted by atomic mass is 10.1. The highest BCUT2D eigenvalue weighted by atomic mass is 35.6. The molecule has 110 valence electrons. The van der Waals surface area contributed by atoms with Crippen molar-refractivity contribution in [2.45, 2.75) is 23.8 Å². The Morgan fingerprint density at radius 3 is 2.50 bits per heavy atom. The molecule has 0 fully saturated rings. The average molecular weight is 355 g/mol. The van der Waals surface area contributed by atoms with Crippen LogP contribution in [-0.2, 0) is 4.79 Å². The molecule has 0 aliphatic rings. The molecular formula is C12H14Cl3N3OS. The fourth-order valence-electron chi connectivity index (χ4n) is 1.53. The van der Waals surface area contributed by atoms with E-state index in [9.17, 15) is 4.79 Å². The minimum atomic E-state index is -1.73. The first-order chi connectivity index (χ1) is 9.24. The molecule has 0 heterocycles. The van der Waals surface area contributed by atoms with Crippen molar-refractivity contribution in [1.29, 1.82) is 0 Å². The van der Waals surface area contributed by atoms with E-state index in [1.165, 1.54) is 0 Å². The minimum Gasteiger partial charge on any atom is -0.339 e. The largest absolute Gasteiger partial charge is 0.339 e. The van der Waals surface area contributed by atoms with Crippen LogP contribution >= 0.6 is 47.0 Å². The quantitative estimate of drug-likeness (QED) is 0.337. The lowest BCUT2D eigenvalue weighted by Crippen LogP contribution is -2.54. The van der Waals surface area contributed by atoms with Gasteiger partial charge >= 0.3 is 0 Å². The number of hydrogen-bond donors (Lipinski definition) is 3. The molecule has 0 aromatic heterocycles. The Bertz CT molecular complexity index is 505. The number of alkyl halides is 3. The number of benzene rings is 1. The first-order valence-corrected chi connectivity index (χ1v) is 7.19. The van der Waals surface area contributed by atoms with Gasteiger partial charge in [-0.15, -0.1) is 0 Å². The highest BCUT2D eigenvalue weighted by molar-refractivity contribution is 7.80. The van der Waals surface area contributed by atoms with Crippen molar-refractivity contribution in [3.63, 3.8) is 0 Å². The maximum absolute atomic E-state index is 10.5. The van der Waals surface area contributed by atoms with Crippen LogP contribution in [0, 0.1) is 13.8 Å². The van der Waals surface area contributed by atoms with E-state index in [2.05, 4.69) is 16.0 Å². The van der Waals surface area contributed by atoms with Crippen molar-refractivity contribution >= 4 is 64.2 Å². The fourth-order valence-corrected chi connectivity index (χ4v) is 2.11. The normalized spacial score (nSPS) is 12.4. The summed E-state index contributed by atoms with van der Waals surface area (Å²) in [5, 5.41) is 8.30. The van der Waals surface area contributed by atoms with E-state index in [1.807, 2.05) is 32.0 Å². The predicted octanol–water partition coefficient (Wildman–Crippen LogP) is 3.03. The Hall–Kier alpha value is -0.750. The van der Waals surface area contributed by atoms with Crippen LogP contribution in [0.5, 0.6) is 0 Å². The molecule has 0 unspecified atom stereocenters. The summed E-state index contributed by atoms with van der Waals surface area (Å²) in [5.74, 6) is 0. The van der Waals surface area contributed by atoms with Crippen LogP contribution in [0.2, 0.25) is 0 Å². The van der Waals surface area contributed by atoms with Gasteiger partial charge in [-0.25, -0.2) is 0 Å². The summed E-state index contributed by atoms with van der Waals surface area (Å²) in [5.41, 5.74) is 3.01. The third kappa shape index (κ3) is 5.32. The molecule has 1 rings (SSSR count). The van der Waals surface area contributed by atoms with Gasteiger partial charge in [0.1, 0.15) is 6.17 Å². The van der Waals surface area contributed by atoms with Crippen molar-refractivity contribution < 1.29 is 4.79 Å². The van der Waals surface area contributed by atoms with Crippen LogP contribution in [0.15, 0.2) is 18.2 Å². The fraction of sp³-hybridized carbons (Fsp3) is 0.333. The van der Waals surface area contributed by atoms with E-state index in [0.717, 1.165) is 16.8 Å². The molecule has 1 amide bonds. The van der Waals surface area contributed by atoms with Crippen molar-refractivity contribution in [3.8, 4) is 0 Å². The smallest absolute Gasteiger partial charge is 0.228 e. The van der Waals surface area contributed by atoms with E-state index in [0.29, 0.717) is 6.41 Å². The van der Waals surface area contributed by atoms with Gasteiger partial charge in [-0.2, -0.15) is 0 Å². The molecule has 0 radical (unpaired) electrons. The van der Waals surface area contributed by atoms with Gasteiger partial charge in [0.25, 0.3) is 0 Å². The predicted molar refractivity (Wildman–Crippen MR) is 88.6 cm³/mol. The third-order valence-corrected chi connectivity index (χ3v) is 3.34. The molecule has 0 saturated heterocycles. The molecule has 1 aromatic carbocycles. The minimum absolute atomic E-state index is 0.239. The van der Waals surface area contributed by atoms with Crippen molar-refractivity contribution in [2.24, 2.45) is 0 Å². The van der Waals surface area contributed by atoms with Crippen molar-refractivity contribution in [2.75, 3.05) is 5.32 Å². The number of carbonyl (C=O) groups excluding carboxylic acids is 1. The Labute approximate surface area is 138 Å². The summed E-state index contributed by atoms with van der Waals surface area (Å²) in [6.45, 7) is 3.95. The second-order valence-electron chi connectivity index (χ2n) is 4.18. The molecule has 0 aliphatic heterocycles. The van der Waals surface area contributed by atoms with Crippen LogP contribution in [0.25, 0.3) is 0 Å². The molecule has 3 N–H and O–H groups in total. The van der Waals surface area contributed by atoms with Crippen LogP contribution in [0.1, 0.15) is 11.1 Å². The zero-order valence-electron chi connectivity index (χ0n) is 10.8. The Morgan fingerprint density at radius 1 is 1.35 bits per heavy atom. The van der Waals surface area contributed by atoms with Crippen molar-refractivity contribution in [3.05, 3.63) is 29.3 Å². The summed E-state index contributed by atoms with van der Waals surface area (Å²) >= 11 is 22.3. The van der Waals surface area contributed by atoms with E-state index < -0.39 is 9.96 Å². The van der Waals surface area contributed by atoms with Crippen LogP contribution in [-0.4, -0.2) is 21.5 Å². The van der Waals surface area contributed by atoms with E-state index >= 15 is 0 Å². The molecule has 4 nitrogen and oxygen atoms in total. The average Bonchev–Trinajstić information content (AvgIpc) is 2.31. The molecule has 1 aromatic rings. The third-order valence-electron chi connectivity index (χ3n) is 2.47. The van der Waals surface area contributed by atoms with Crippen LogP contribution in [0.3, 0.4) is 0 Å². The lowest BCUT2D eigenvalue weighted by Gasteiger charge is -2.26. The topological polar surface area (TPSA) is 53.2 Å². The summed E-state index contributed by atoms with van der Waals surface area (Å²) in [4.78, 5) is 10.5. The van der Waals surface area contributed by atoms with Gasteiger partial charge in [-0.3, -0.25) is 4.79 Å². The number of hydrogen-bond acceptors (Lipinski definition) is 2. The second-order valence-corrected chi connectivity index (χ2v) is 6.95. The highest BCUT2D eigenvalue weighted by Crippen LogP contribution is 2.29. The Kier molecular flexibility index (Phi) is 6.33. The number of anilines is 1. The van der Waals surface area contributed by atoms with Gasteiger partial charge in [-0.1, -0.05) is 52.5 Å². The maximum Gasteiger partial charge on any atom is 0.228 e. The van der Waals surface area contributed by atoms with Gasteiger partial charge in [0.05, 0.1) is 0 Å². The van der Waals surface area contributed by atoms with Gasteiger partial charge in [0.15, 0.2) is 5.11 Å². The molecule has 0 bridgehead atoms. The molecule has 20 heavy (non-hydrogen) atoms. The number of nitrogens with one attached hydrogen (secondary N) is 3. The van der Waals surface area contributed by atoms with E-state index in [1.54, 1.807) is 0 Å². The number of carbonyl (C=O) groups is 1. The molecule has 1 atom stereocenters. The summed E-state index contributed by atoms with van der Waals surface area (Å²) in [6.07, 6.45) is -0.505. The van der Waals surface area contributed by atoms with Gasteiger partial charge < -0.3 is 16.0 Å². The van der Waals surface area contributed by atoms with Gasteiger partial charge in [0.2, 0.25) is 10.2 Å². The van der Waals surface area contributed by atoms with Crippen LogP contribution in [0.4, 0.5) is 5.69 Å². The van der Waals surface area contributed by atoms with E-state index in [4.69, 9.17) is 47.0 Å². The van der Waals surface area contributed by atoms with E-state index in [-0.39, 0.29) is 5.11 Å². The Morgan fingerprint density at radius 2 is 2.00 bits per heavy atom. The maximum atomic E-state index is 10.5. The zero-order chi connectivity index (χ0) is 15.3. The number of aryl methyl sites for hydroxylation is 2. The molecule has 8 heteroatoms. The SMILES string of the molecule is Cc1ccc(NC(=S)N[C@H](NC=O)C(Cl)(Cl)Cl)c(C)c1. The number of rotatable bonds is 4. The second kappa shape index (κ2) is 7.31. The standard InChI is InChI=1S/C12H14Cl3N3OS/c1-7-3-4-9(8(2)5-7)17-11(20)18-10(16-6-19)12(13,14)15/h3-6,10H,1-2H3,(H,16,19)(H2,17,18,20)/t10-/m0/s1. The zero-order valence-corrected chi connectivity index (χ0v) is 13.9. The lowest BCUT2D eigenvalue weighted by molar-refractivity contribution is -0.110. The molecule has 0 aliphatic carbocycles. The first-order valence-electron chi connectivity index (χ1n) is 5.65. The van der Waals surface area contributed by atoms with Crippen LogP contribution < -0.4 is 16.0 Å². The number of amides is 1. The van der Waals surface area contributed by atoms with Gasteiger partial charge in [-0.05, 0) is 37.7 Å². The molecule has 0 saturated carbocycles. The summed E-state index contributed by atoms with van der Waals surface area (Å²) in [7, 11) is 0. The Balaban J connectivity index is 2.73. The first kappa shape index (κ1) is 17.3. The number of thiocarbonyl (C=S) groups is 1. The monoisotopic (exact) mass is 353 g/mol. The molecule has 0 spiro atoms. The number of halogens is 3. The van der Waals surface area contributed by atoms with Gasteiger partial charge in [0, 0.05) is 5.69 Å². The molecular weight excluding hydrogens is 341 g/mol.